The summed E-state index contributed by atoms with van der Waals surface area (Å²) in [6.45, 7) is 1.99. The van der Waals surface area contributed by atoms with Gasteiger partial charge < -0.3 is 4.98 Å². The molecule has 1 rings (SSSR count). The molecule has 1 nitrogen and oxygen atoms in total. The zero-order chi connectivity index (χ0) is 5.11. The van der Waals surface area contributed by atoms with Crippen molar-refractivity contribution in [3.63, 3.8) is 0 Å². The van der Waals surface area contributed by atoms with E-state index < -0.39 is 0 Å². The van der Waals surface area contributed by atoms with Crippen LogP contribution in [-0.2, 0) is 17.1 Å². The number of rotatable bonds is 0. The summed E-state index contributed by atoms with van der Waals surface area (Å²) in [4.78, 5) is 3.83. The molecule has 1 aromatic heterocycles. The van der Waals surface area contributed by atoms with Crippen molar-refractivity contribution >= 4 is 0 Å². The normalized spacial score (nSPS) is 7.62. The van der Waals surface area contributed by atoms with Crippen LogP contribution in [0.15, 0.2) is 18.5 Å². The van der Waals surface area contributed by atoms with Gasteiger partial charge in [0.15, 0.2) is 0 Å². The maximum absolute atomic E-state index is 3.83. The predicted octanol–water partition coefficient (Wildman–Crippen LogP) is 1.19. The molecule has 1 heterocycles. The number of hydrogen-bond donors (Lipinski definition) is 0. The van der Waals surface area contributed by atoms with E-state index in [9.17, 15) is 0 Å². The molecule has 1 aromatic rings. The van der Waals surface area contributed by atoms with E-state index in [0.717, 1.165) is 5.56 Å². The van der Waals surface area contributed by atoms with Gasteiger partial charge in [0, 0.05) is 0 Å². The van der Waals surface area contributed by atoms with Crippen LogP contribution in [-0.4, -0.2) is 4.98 Å². The van der Waals surface area contributed by atoms with Gasteiger partial charge in [-0.3, -0.25) is 0 Å². The van der Waals surface area contributed by atoms with Gasteiger partial charge in [0.1, 0.15) is 0 Å². The third-order valence-corrected chi connectivity index (χ3v) is 0.738. The largest absolute Gasteiger partial charge is 1.00 e. The second kappa shape index (κ2) is 3.64. The summed E-state index contributed by atoms with van der Waals surface area (Å²) < 4.78 is 0. The van der Waals surface area contributed by atoms with Crippen LogP contribution in [0, 0.1) is 13.0 Å². The molecule has 0 unspecified atom stereocenters. The summed E-state index contributed by atoms with van der Waals surface area (Å²) in [5, 5.41) is 0. The van der Waals surface area contributed by atoms with Crippen LogP contribution < -0.4 is 0 Å². The van der Waals surface area contributed by atoms with Gasteiger partial charge in [0.2, 0.25) is 0 Å². The number of aryl methyl sites for hydroxylation is 1. The molecule has 0 aliphatic carbocycles. The number of aromatic nitrogens is 1. The number of pyridine rings is 1. The summed E-state index contributed by atoms with van der Waals surface area (Å²) in [6.07, 6.45) is 3.45. The maximum atomic E-state index is 3.83. The van der Waals surface area contributed by atoms with E-state index in [-0.39, 0.29) is 17.1 Å². The number of nitrogens with zero attached hydrogens (tertiary/aromatic N) is 1. The van der Waals surface area contributed by atoms with Crippen molar-refractivity contribution < 1.29 is 17.1 Å². The third-order valence-electron chi connectivity index (χ3n) is 0.738. The van der Waals surface area contributed by atoms with E-state index in [1.165, 1.54) is 0 Å². The molecule has 0 amide bonds. The zero-order valence-electron chi connectivity index (χ0n) is 4.48. The van der Waals surface area contributed by atoms with E-state index in [1.807, 2.05) is 13.0 Å². The fourth-order valence-electron chi connectivity index (χ4n) is 0.404. The maximum Gasteiger partial charge on any atom is 1.00 e. The molecule has 0 fully saturated rings. The molecule has 8 heavy (non-hydrogen) atoms. The molecule has 0 N–H and O–H groups in total. The van der Waals surface area contributed by atoms with Crippen molar-refractivity contribution in [2.45, 2.75) is 6.92 Å². The fourth-order valence-corrected chi connectivity index (χ4v) is 0.404. The van der Waals surface area contributed by atoms with Crippen molar-refractivity contribution in [3.8, 4) is 0 Å². The van der Waals surface area contributed by atoms with Crippen LogP contribution in [0.2, 0.25) is 0 Å². The van der Waals surface area contributed by atoms with Gasteiger partial charge in [0.25, 0.3) is 0 Å². The SMILES string of the molecule is Cc1c[c-]cnc1.[Cu+]. The third kappa shape index (κ3) is 2.10. The minimum absolute atomic E-state index is 0. The first-order chi connectivity index (χ1) is 3.39. The standard InChI is InChI=1S/C6H6N.Cu/c1-6-3-2-4-7-5-6;/h3-5H,1H3;/q-1;+1. The Morgan fingerprint density at radius 1 is 1.62 bits per heavy atom. The molecule has 0 radical (unpaired) electrons. The summed E-state index contributed by atoms with van der Waals surface area (Å²) in [7, 11) is 0. The minimum Gasteiger partial charge on any atom is -0.304 e. The van der Waals surface area contributed by atoms with Crippen molar-refractivity contribution in [3.05, 3.63) is 30.1 Å². The molecule has 0 saturated carbocycles. The van der Waals surface area contributed by atoms with Crippen molar-refractivity contribution in [2.75, 3.05) is 0 Å². The first-order valence-corrected chi connectivity index (χ1v) is 2.17. The first-order valence-electron chi connectivity index (χ1n) is 2.17. The number of hydrogen-bond acceptors (Lipinski definition) is 1. The average molecular weight is 156 g/mol. The molecule has 2 heteroatoms. The van der Waals surface area contributed by atoms with Crippen LogP contribution in [0.4, 0.5) is 0 Å². The summed E-state index contributed by atoms with van der Waals surface area (Å²) in [5.41, 5.74) is 1.16. The van der Waals surface area contributed by atoms with E-state index in [2.05, 4.69) is 11.1 Å². The minimum atomic E-state index is 0. The average Bonchev–Trinajstić information content (AvgIpc) is 1.69. The van der Waals surface area contributed by atoms with Crippen LogP contribution in [0.3, 0.4) is 0 Å². The Kier molecular flexibility index (Phi) is 3.49. The Labute approximate surface area is 59.6 Å². The molecule has 46 valence electrons. The van der Waals surface area contributed by atoms with E-state index in [0.29, 0.717) is 0 Å². The van der Waals surface area contributed by atoms with Gasteiger partial charge in [0.05, 0.1) is 0 Å². The van der Waals surface area contributed by atoms with Crippen LogP contribution >= 0.6 is 0 Å². The molecule has 0 atom stereocenters. The van der Waals surface area contributed by atoms with E-state index in [4.69, 9.17) is 0 Å². The van der Waals surface area contributed by atoms with Crippen molar-refractivity contribution in [2.24, 2.45) is 0 Å². The van der Waals surface area contributed by atoms with Crippen LogP contribution in [0.1, 0.15) is 5.56 Å². The summed E-state index contributed by atoms with van der Waals surface area (Å²) in [6, 6.07) is 4.75. The Balaban J connectivity index is 0.000000490. The van der Waals surface area contributed by atoms with Gasteiger partial charge in [-0.15, -0.1) is 6.92 Å². The van der Waals surface area contributed by atoms with Gasteiger partial charge in [-0.2, -0.15) is 5.56 Å². The van der Waals surface area contributed by atoms with Gasteiger partial charge >= 0.3 is 17.1 Å². The smallest absolute Gasteiger partial charge is 0.304 e. The van der Waals surface area contributed by atoms with E-state index >= 15 is 0 Å². The predicted molar refractivity (Wildman–Crippen MR) is 27.8 cm³/mol. The Bertz CT molecular complexity index is 138. The quantitative estimate of drug-likeness (QED) is 0.405. The molecular formula is C6H6CuN. The van der Waals surface area contributed by atoms with Crippen molar-refractivity contribution in [1.82, 2.24) is 4.98 Å². The Morgan fingerprint density at radius 2 is 2.38 bits per heavy atom. The molecule has 0 aliphatic rings. The van der Waals surface area contributed by atoms with Gasteiger partial charge in [-0.1, -0.05) is 12.4 Å². The Hall–Kier alpha value is -0.331. The summed E-state index contributed by atoms with van der Waals surface area (Å²) in [5.74, 6) is 0. The topological polar surface area (TPSA) is 12.9 Å². The van der Waals surface area contributed by atoms with Crippen LogP contribution in [0.5, 0.6) is 0 Å². The second-order valence-corrected chi connectivity index (χ2v) is 1.46. The molecule has 0 spiro atoms. The molecule has 0 aliphatic heterocycles. The molecule has 0 aromatic carbocycles. The zero-order valence-corrected chi connectivity index (χ0v) is 5.42. The monoisotopic (exact) mass is 155 g/mol. The Morgan fingerprint density at radius 3 is 2.62 bits per heavy atom. The van der Waals surface area contributed by atoms with Crippen LogP contribution in [0.25, 0.3) is 0 Å². The van der Waals surface area contributed by atoms with Gasteiger partial charge in [-0.05, 0) is 0 Å². The van der Waals surface area contributed by atoms with Crippen molar-refractivity contribution in [1.29, 1.82) is 0 Å². The van der Waals surface area contributed by atoms with E-state index in [1.54, 1.807) is 12.4 Å². The molecule has 0 saturated heterocycles. The molecular weight excluding hydrogens is 150 g/mol. The summed E-state index contributed by atoms with van der Waals surface area (Å²) >= 11 is 0. The first kappa shape index (κ1) is 7.67. The second-order valence-electron chi connectivity index (χ2n) is 1.46. The van der Waals surface area contributed by atoms with Gasteiger partial charge in [-0.25, -0.2) is 12.1 Å². The molecule has 0 bridgehead atoms. The fraction of sp³-hybridized carbons (Fsp3) is 0.167.